The first kappa shape index (κ1) is 19.6. The molecule has 1 aliphatic heterocycles. The first-order valence-electron chi connectivity index (χ1n) is 9.05. The van der Waals surface area contributed by atoms with E-state index in [-0.39, 0.29) is 5.57 Å². The first-order chi connectivity index (χ1) is 13.4. The molecule has 0 saturated carbocycles. The summed E-state index contributed by atoms with van der Waals surface area (Å²) in [5.41, 5.74) is 0.740. The lowest BCUT2D eigenvalue weighted by atomic mass is 9.98. The smallest absolute Gasteiger partial charge is 0.295 e. The van der Waals surface area contributed by atoms with E-state index in [0.29, 0.717) is 30.1 Å². The van der Waals surface area contributed by atoms with Crippen LogP contribution in [-0.4, -0.2) is 55.9 Å². The normalized spacial score (nSPS) is 18.7. The van der Waals surface area contributed by atoms with E-state index in [0.717, 1.165) is 4.90 Å². The molecule has 1 amide bonds. The Bertz CT molecular complexity index is 909. The standard InChI is InChI=1S/C21H23N3O4/c1-23(2)11-12-24-18(16-9-4-5-10-22-16)17(20(26)21(24)27)19(25)14-7-6-8-15(13-14)28-3/h4-10,13,18,25H,11-12H2,1-3H3/b19-17+. The van der Waals surface area contributed by atoms with Crippen molar-refractivity contribution in [3.63, 3.8) is 0 Å². The average Bonchev–Trinajstić information content (AvgIpc) is 2.97. The zero-order valence-corrected chi connectivity index (χ0v) is 16.1. The molecule has 1 aromatic carbocycles. The van der Waals surface area contributed by atoms with Gasteiger partial charge < -0.3 is 19.6 Å². The van der Waals surface area contributed by atoms with Gasteiger partial charge in [-0.05, 0) is 29.8 Å². The third kappa shape index (κ3) is 3.75. The van der Waals surface area contributed by atoms with Crippen LogP contribution in [0.25, 0.3) is 5.76 Å². The summed E-state index contributed by atoms with van der Waals surface area (Å²) in [5.74, 6) is -1.40. The molecule has 1 aromatic heterocycles. The quantitative estimate of drug-likeness (QED) is 0.413. The fraction of sp³-hybridized carbons (Fsp3) is 0.286. The topological polar surface area (TPSA) is 87.0 Å². The van der Waals surface area contributed by atoms with Gasteiger partial charge in [0.05, 0.1) is 40.0 Å². The Hall–Kier alpha value is -3.19. The van der Waals surface area contributed by atoms with E-state index in [4.69, 9.17) is 4.74 Å². The fourth-order valence-electron chi connectivity index (χ4n) is 3.21. The molecule has 0 radical (unpaired) electrons. The van der Waals surface area contributed by atoms with Crippen LogP contribution < -0.4 is 14.7 Å². The van der Waals surface area contributed by atoms with Crippen LogP contribution in [0, 0.1) is 0 Å². The van der Waals surface area contributed by atoms with E-state index in [2.05, 4.69) is 4.98 Å². The Labute approximate surface area is 163 Å². The van der Waals surface area contributed by atoms with Crippen LogP contribution in [0.4, 0.5) is 0 Å². The van der Waals surface area contributed by atoms with Gasteiger partial charge >= 0.3 is 0 Å². The van der Waals surface area contributed by atoms with E-state index < -0.39 is 23.5 Å². The number of hydrogen-bond donors (Lipinski definition) is 1. The maximum absolute atomic E-state index is 13.2. The number of carbonyl (C=O) groups is 2. The van der Waals surface area contributed by atoms with Crippen LogP contribution in [0.2, 0.25) is 0 Å². The fourth-order valence-corrected chi connectivity index (χ4v) is 3.21. The molecule has 7 heteroatoms. The van der Waals surface area contributed by atoms with Gasteiger partial charge in [0.2, 0.25) is 5.78 Å². The largest absolute Gasteiger partial charge is 0.872 e. The van der Waals surface area contributed by atoms with Crippen LogP contribution in [0.5, 0.6) is 5.75 Å². The molecule has 1 unspecified atom stereocenters. The van der Waals surface area contributed by atoms with Crippen LogP contribution in [0.1, 0.15) is 17.3 Å². The maximum Gasteiger partial charge on any atom is 0.295 e. The Morgan fingerprint density at radius 2 is 2.00 bits per heavy atom. The van der Waals surface area contributed by atoms with Crippen LogP contribution in [-0.2, 0) is 9.59 Å². The summed E-state index contributed by atoms with van der Waals surface area (Å²) in [6.07, 6.45) is 1.59. The van der Waals surface area contributed by atoms with E-state index in [1.165, 1.54) is 12.0 Å². The molecule has 2 heterocycles. The summed E-state index contributed by atoms with van der Waals surface area (Å²) in [6, 6.07) is 11.0. The molecule has 1 atom stereocenters. The number of benzene rings is 1. The summed E-state index contributed by atoms with van der Waals surface area (Å²) in [5, 5.41) is 13.2. The lowest BCUT2D eigenvalue weighted by Crippen LogP contribution is -3.06. The van der Waals surface area contributed by atoms with E-state index in [9.17, 15) is 14.7 Å². The Morgan fingerprint density at radius 1 is 1.21 bits per heavy atom. The number of nitrogens with zero attached hydrogens (tertiary/aromatic N) is 2. The zero-order chi connectivity index (χ0) is 20.3. The van der Waals surface area contributed by atoms with Crippen molar-refractivity contribution in [3.8, 4) is 5.75 Å². The van der Waals surface area contributed by atoms with E-state index >= 15 is 0 Å². The Balaban J connectivity index is 2.13. The van der Waals surface area contributed by atoms with Crippen molar-refractivity contribution in [2.24, 2.45) is 0 Å². The number of likely N-dealkylation sites (tertiary alicyclic amines) is 1. The minimum atomic E-state index is -0.792. The SMILES string of the molecule is COc1cccc(/C([O-])=C2\C(=O)C(=O)N(CC[NH+](C)C)C2c2ccccn2)c1. The molecule has 1 fully saturated rings. The van der Waals surface area contributed by atoms with Gasteiger partial charge in [-0.15, -0.1) is 0 Å². The van der Waals surface area contributed by atoms with Gasteiger partial charge in [0.25, 0.3) is 5.91 Å². The highest BCUT2D eigenvalue weighted by atomic mass is 16.5. The number of likely N-dealkylation sites (N-methyl/N-ethyl adjacent to an activating group) is 1. The summed E-state index contributed by atoms with van der Waals surface area (Å²) in [4.78, 5) is 32.4. The average molecular weight is 381 g/mol. The van der Waals surface area contributed by atoms with Crippen LogP contribution in [0.3, 0.4) is 0 Å². The number of methoxy groups -OCH3 is 1. The summed E-state index contributed by atoms with van der Waals surface area (Å²) in [7, 11) is 5.43. The van der Waals surface area contributed by atoms with Gasteiger partial charge in [-0.1, -0.05) is 24.0 Å². The van der Waals surface area contributed by atoms with E-state index in [1.54, 1.807) is 48.7 Å². The van der Waals surface area contributed by atoms with Crippen molar-refractivity contribution in [1.82, 2.24) is 9.88 Å². The number of amides is 1. The Morgan fingerprint density at radius 3 is 2.64 bits per heavy atom. The van der Waals surface area contributed by atoms with Gasteiger partial charge in [0, 0.05) is 11.8 Å². The second-order valence-electron chi connectivity index (χ2n) is 6.92. The van der Waals surface area contributed by atoms with Crippen molar-refractivity contribution in [2.75, 3.05) is 34.3 Å². The number of hydrogen-bond acceptors (Lipinski definition) is 5. The highest BCUT2D eigenvalue weighted by Gasteiger charge is 2.44. The predicted octanol–water partition coefficient (Wildman–Crippen LogP) is -0.541. The molecule has 0 spiro atoms. The van der Waals surface area contributed by atoms with Crippen molar-refractivity contribution < 1.29 is 24.3 Å². The number of Topliss-reactive ketones (excluding diaryl/α,β-unsaturated/α-hetero) is 1. The van der Waals surface area contributed by atoms with Crippen molar-refractivity contribution in [3.05, 3.63) is 65.5 Å². The monoisotopic (exact) mass is 381 g/mol. The second-order valence-corrected chi connectivity index (χ2v) is 6.92. The van der Waals surface area contributed by atoms with Crippen molar-refractivity contribution >= 4 is 17.4 Å². The second kappa shape index (κ2) is 8.22. The molecule has 146 valence electrons. The Kier molecular flexibility index (Phi) is 5.75. The number of carbonyl (C=O) groups excluding carboxylic acids is 2. The summed E-state index contributed by atoms with van der Waals surface area (Å²) < 4.78 is 5.17. The van der Waals surface area contributed by atoms with Gasteiger partial charge in [-0.3, -0.25) is 14.6 Å². The number of quaternary nitrogens is 1. The summed E-state index contributed by atoms with van der Waals surface area (Å²) >= 11 is 0. The molecule has 0 aliphatic carbocycles. The third-order valence-electron chi connectivity index (χ3n) is 4.68. The molecular formula is C21H23N3O4. The molecular weight excluding hydrogens is 358 g/mol. The van der Waals surface area contributed by atoms with E-state index in [1.807, 2.05) is 14.1 Å². The lowest BCUT2D eigenvalue weighted by molar-refractivity contribution is -0.857. The van der Waals surface area contributed by atoms with Crippen LogP contribution in [0.15, 0.2) is 54.2 Å². The van der Waals surface area contributed by atoms with Crippen molar-refractivity contribution in [1.29, 1.82) is 0 Å². The van der Waals surface area contributed by atoms with Gasteiger partial charge in [-0.25, -0.2) is 0 Å². The molecule has 1 saturated heterocycles. The number of aromatic nitrogens is 1. The minimum absolute atomic E-state index is 0.0642. The number of nitrogens with one attached hydrogen (secondary N) is 1. The maximum atomic E-state index is 13.2. The highest BCUT2D eigenvalue weighted by Crippen LogP contribution is 2.37. The van der Waals surface area contributed by atoms with Gasteiger partial charge in [0.15, 0.2) is 0 Å². The third-order valence-corrected chi connectivity index (χ3v) is 4.68. The molecule has 1 aliphatic rings. The molecule has 0 bridgehead atoms. The highest BCUT2D eigenvalue weighted by molar-refractivity contribution is 6.46. The number of ether oxygens (including phenoxy) is 1. The number of rotatable bonds is 6. The number of pyridine rings is 1. The van der Waals surface area contributed by atoms with Gasteiger partial charge in [0.1, 0.15) is 11.8 Å². The molecule has 3 rings (SSSR count). The van der Waals surface area contributed by atoms with Crippen LogP contribution >= 0.6 is 0 Å². The molecule has 28 heavy (non-hydrogen) atoms. The van der Waals surface area contributed by atoms with Crippen molar-refractivity contribution in [2.45, 2.75) is 6.04 Å². The minimum Gasteiger partial charge on any atom is -0.872 e. The van der Waals surface area contributed by atoms with Gasteiger partial charge in [-0.2, -0.15) is 0 Å². The molecule has 7 nitrogen and oxygen atoms in total. The first-order valence-corrected chi connectivity index (χ1v) is 9.05. The zero-order valence-electron chi connectivity index (χ0n) is 16.1. The molecule has 2 aromatic rings. The lowest BCUT2D eigenvalue weighted by Gasteiger charge is -2.27. The number of ketones is 1. The summed E-state index contributed by atoms with van der Waals surface area (Å²) in [6.45, 7) is 0.992. The molecule has 1 N–H and O–H groups in total. The predicted molar refractivity (Wildman–Crippen MR) is 101 cm³/mol.